The van der Waals surface area contributed by atoms with Crippen molar-refractivity contribution >= 4 is 5.78 Å². The van der Waals surface area contributed by atoms with E-state index in [1.165, 1.54) is 32.1 Å². The van der Waals surface area contributed by atoms with E-state index < -0.39 is 0 Å². The van der Waals surface area contributed by atoms with Crippen molar-refractivity contribution in [2.45, 2.75) is 58.3 Å². The van der Waals surface area contributed by atoms with E-state index in [1.54, 1.807) is 6.20 Å². The summed E-state index contributed by atoms with van der Waals surface area (Å²) in [6, 6.07) is 3.97. The second kappa shape index (κ2) is 6.67. The summed E-state index contributed by atoms with van der Waals surface area (Å²) in [5, 5.41) is 0. The molecule has 1 aliphatic rings. The third-order valence-corrected chi connectivity index (χ3v) is 4.02. The number of aryl methyl sites for hydroxylation is 1. The highest BCUT2D eigenvalue weighted by Crippen LogP contribution is 2.24. The second-order valence-corrected chi connectivity index (χ2v) is 5.45. The third-order valence-electron chi connectivity index (χ3n) is 4.02. The number of hydrogen-bond acceptors (Lipinski definition) is 2. The Morgan fingerprint density at radius 2 is 1.89 bits per heavy atom. The van der Waals surface area contributed by atoms with Gasteiger partial charge in [-0.3, -0.25) is 9.78 Å². The minimum absolute atomic E-state index is 0.284. The van der Waals surface area contributed by atoms with Gasteiger partial charge < -0.3 is 0 Å². The van der Waals surface area contributed by atoms with Gasteiger partial charge in [0, 0.05) is 18.5 Å². The number of aromatic nitrogens is 1. The van der Waals surface area contributed by atoms with Crippen LogP contribution in [0, 0.1) is 12.8 Å². The molecule has 0 N–H and O–H groups in total. The lowest BCUT2D eigenvalue weighted by Crippen LogP contribution is -2.19. The summed E-state index contributed by atoms with van der Waals surface area (Å²) in [6.07, 6.45) is 10.9. The normalized spacial score (nSPS) is 18.1. The SMILES string of the molecule is Cc1cccnc1CC(=O)C1CCCCCCC1. The fourth-order valence-electron chi connectivity index (χ4n) is 2.79. The molecule has 1 aliphatic carbocycles. The van der Waals surface area contributed by atoms with Crippen LogP contribution in [0.2, 0.25) is 0 Å². The highest BCUT2D eigenvalue weighted by atomic mass is 16.1. The average Bonchev–Trinajstić information content (AvgIpc) is 2.31. The molecule has 2 rings (SSSR count). The molecule has 0 amide bonds. The van der Waals surface area contributed by atoms with Gasteiger partial charge in [-0.05, 0) is 31.4 Å². The van der Waals surface area contributed by atoms with E-state index in [0.29, 0.717) is 12.2 Å². The third kappa shape index (κ3) is 3.66. The molecule has 0 saturated heterocycles. The fraction of sp³-hybridized carbons (Fsp3) is 0.625. The second-order valence-electron chi connectivity index (χ2n) is 5.45. The van der Waals surface area contributed by atoms with Gasteiger partial charge in [0.25, 0.3) is 0 Å². The van der Waals surface area contributed by atoms with E-state index in [-0.39, 0.29) is 5.92 Å². The minimum Gasteiger partial charge on any atom is -0.299 e. The van der Waals surface area contributed by atoms with Crippen molar-refractivity contribution in [3.8, 4) is 0 Å². The van der Waals surface area contributed by atoms with Gasteiger partial charge in [-0.1, -0.05) is 38.2 Å². The number of hydrogen-bond donors (Lipinski definition) is 0. The van der Waals surface area contributed by atoms with Crippen molar-refractivity contribution in [3.05, 3.63) is 29.6 Å². The van der Waals surface area contributed by atoms with Crippen LogP contribution in [0.5, 0.6) is 0 Å². The summed E-state index contributed by atoms with van der Waals surface area (Å²) in [7, 11) is 0. The van der Waals surface area contributed by atoms with Crippen LogP contribution in [0.1, 0.15) is 56.2 Å². The van der Waals surface area contributed by atoms with Crippen LogP contribution >= 0.6 is 0 Å². The summed E-state index contributed by atoms with van der Waals surface area (Å²) in [5.41, 5.74) is 2.10. The number of ketones is 1. The maximum Gasteiger partial charge on any atom is 0.141 e. The number of Topliss-reactive ketones (excluding diaryl/α,β-unsaturated/α-hetero) is 1. The Bertz CT molecular complexity index is 392. The van der Waals surface area contributed by atoms with Crippen LogP contribution < -0.4 is 0 Å². The number of carbonyl (C=O) groups is 1. The molecular formula is C16H23NO. The summed E-state index contributed by atoms with van der Waals surface area (Å²) in [4.78, 5) is 16.7. The van der Waals surface area contributed by atoms with Crippen LogP contribution in [0.25, 0.3) is 0 Å². The topological polar surface area (TPSA) is 30.0 Å². The number of carbonyl (C=O) groups excluding carboxylic acids is 1. The van der Waals surface area contributed by atoms with Crippen LogP contribution in [0.15, 0.2) is 18.3 Å². The molecule has 0 unspecified atom stereocenters. The maximum atomic E-state index is 12.3. The molecule has 0 radical (unpaired) electrons. The molecular weight excluding hydrogens is 222 g/mol. The molecule has 18 heavy (non-hydrogen) atoms. The Balaban J connectivity index is 1.96. The van der Waals surface area contributed by atoms with Crippen molar-refractivity contribution in [1.29, 1.82) is 0 Å². The Kier molecular flexibility index (Phi) is 4.91. The summed E-state index contributed by atoms with van der Waals surface area (Å²) in [6.45, 7) is 2.04. The first-order valence-corrected chi connectivity index (χ1v) is 7.20. The fourth-order valence-corrected chi connectivity index (χ4v) is 2.79. The average molecular weight is 245 g/mol. The van der Waals surface area contributed by atoms with Gasteiger partial charge >= 0.3 is 0 Å². The summed E-state index contributed by atoms with van der Waals surface area (Å²) in [5.74, 6) is 0.686. The van der Waals surface area contributed by atoms with E-state index in [4.69, 9.17) is 0 Å². The molecule has 2 heteroatoms. The van der Waals surface area contributed by atoms with E-state index in [9.17, 15) is 4.79 Å². The molecule has 1 aromatic heterocycles. The Hall–Kier alpha value is -1.18. The molecule has 1 saturated carbocycles. The predicted octanol–water partition coefficient (Wildman–Crippen LogP) is 3.86. The van der Waals surface area contributed by atoms with Crippen LogP contribution in [-0.4, -0.2) is 10.8 Å². The standard InChI is InChI=1S/C16H23NO/c1-13-8-7-11-17-15(13)12-16(18)14-9-5-3-2-4-6-10-14/h7-8,11,14H,2-6,9-10,12H2,1H3. The van der Waals surface area contributed by atoms with Crippen LogP contribution in [0.3, 0.4) is 0 Å². The van der Waals surface area contributed by atoms with Gasteiger partial charge in [-0.2, -0.15) is 0 Å². The smallest absolute Gasteiger partial charge is 0.141 e. The molecule has 98 valence electrons. The Labute approximate surface area is 110 Å². The lowest BCUT2D eigenvalue weighted by atomic mass is 9.86. The lowest BCUT2D eigenvalue weighted by Gasteiger charge is -2.18. The van der Waals surface area contributed by atoms with Gasteiger partial charge in [0.1, 0.15) is 5.78 Å². The van der Waals surface area contributed by atoms with E-state index in [2.05, 4.69) is 4.98 Å². The minimum atomic E-state index is 0.284. The number of pyridine rings is 1. The molecule has 1 heterocycles. The first kappa shape index (κ1) is 13.3. The highest BCUT2D eigenvalue weighted by Gasteiger charge is 2.20. The van der Waals surface area contributed by atoms with Gasteiger partial charge in [-0.25, -0.2) is 0 Å². The van der Waals surface area contributed by atoms with Crippen molar-refractivity contribution < 1.29 is 4.79 Å². The van der Waals surface area contributed by atoms with Gasteiger partial charge in [0.05, 0.1) is 5.69 Å². The molecule has 2 nitrogen and oxygen atoms in total. The van der Waals surface area contributed by atoms with Gasteiger partial charge in [0.15, 0.2) is 0 Å². The molecule has 1 fully saturated rings. The maximum absolute atomic E-state index is 12.3. The number of rotatable bonds is 3. The highest BCUT2D eigenvalue weighted by molar-refractivity contribution is 5.83. The zero-order valence-electron chi connectivity index (χ0n) is 11.3. The largest absolute Gasteiger partial charge is 0.299 e. The summed E-state index contributed by atoms with van der Waals surface area (Å²) < 4.78 is 0. The van der Waals surface area contributed by atoms with E-state index >= 15 is 0 Å². The Morgan fingerprint density at radius 1 is 1.22 bits per heavy atom. The van der Waals surface area contributed by atoms with E-state index in [0.717, 1.165) is 24.1 Å². The molecule has 0 aromatic carbocycles. The zero-order chi connectivity index (χ0) is 12.8. The van der Waals surface area contributed by atoms with Crippen molar-refractivity contribution in [2.24, 2.45) is 5.92 Å². The van der Waals surface area contributed by atoms with Crippen molar-refractivity contribution in [1.82, 2.24) is 4.98 Å². The van der Waals surface area contributed by atoms with Gasteiger partial charge in [0.2, 0.25) is 0 Å². The zero-order valence-corrected chi connectivity index (χ0v) is 11.3. The predicted molar refractivity (Wildman–Crippen MR) is 73.5 cm³/mol. The van der Waals surface area contributed by atoms with E-state index in [1.807, 2.05) is 19.1 Å². The van der Waals surface area contributed by atoms with Crippen molar-refractivity contribution in [2.75, 3.05) is 0 Å². The molecule has 1 aromatic rings. The van der Waals surface area contributed by atoms with Crippen LogP contribution in [-0.2, 0) is 11.2 Å². The Morgan fingerprint density at radius 3 is 2.56 bits per heavy atom. The summed E-state index contributed by atoms with van der Waals surface area (Å²) >= 11 is 0. The first-order valence-electron chi connectivity index (χ1n) is 7.20. The van der Waals surface area contributed by atoms with Crippen molar-refractivity contribution in [3.63, 3.8) is 0 Å². The monoisotopic (exact) mass is 245 g/mol. The molecule has 0 aliphatic heterocycles. The quantitative estimate of drug-likeness (QED) is 0.809. The molecule has 0 atom stereocenters. The first-order chi connectivity index (χ1) is 8.77. The molecule has 0 spiro atoms. The van der Waals surface area contributed by atoms with Crippen LogP contribution in [0.4, 0.5) is 0 Å². The van der Waals surface area contributed by atoms with Gasteiger partial charge in [-0.15, -0.1) is 0 Å². The molecule has 0 bridgehead atoms. The number of nitrogens with zero attached hydrogens (tertiary/aromatic N) is 1. The lowest BCUT2D eigenvalue weighted by molar-refractivity contribution is -0.122.